The molecular weight excluding hydrogens is 456 g/mol. The highest BCUT2D eigenvalue weighted by Gasteiger charge is 2.28. The molecule has 1 saturated heterocycles. The van der Waals surface area contributed by atoms with Crippen LogP contribution in [0, 0.1) is 0 Å². The van der Waals surface area contributed by atoms with Crippen LogP contribution in [0.25, 0.3) is 0 Å². The third kappa shape index (κ3) is 5.67. The fourth-order valence-electron chi connectivity index (χ4n) is 4.99. The summed E-state index contributed by atoms with van der Waals surface area (Å²) >= 11 is 0. The van der Waals surface area contributed by atoms with E-state index >= 15 is 0 Å². The number of ether oxygens (including phenoxy) is 1. The van der Waals surface area contributed by atoms with Gasteiger partial charge in [-0.3, -0.25) is 14.6 Å². The van der Waals surface area contributed by atoms with Crippen molar-refractivity contribution in [1.82, 2.24) is 20.2 Å². The fourth-order valence-corrected chi connectivity index (χ4v) is 4.99. The quantitative estimate of drug-likeness (QED) is 0.502. The minimum atomic E-state index is -0.380. The molecule has 2 N–H and O–H groups in total. The molecule has 4 rings (SSSR count). The highest BCUT2D eigenvalue weighted by atomic mass is 16.6. The number of rotatable bonds is 9. The van der Waals surface area contributed by atoms with Crippen LogP contribution >= 0.6 is 0 Å². The number of hydrogen-bond donors (Lipinski definition) is 2. The molecule has 192 valence electrons. The van der Waals surface area contributed by atoms with E-state index in [4.69, 9.17) is 4.74 Å². The van der Waals surface area contributed by atoms with Gasteiger partial charge in [0.2, 0.25) is 11.9 Å². The number of benzene rings is 1. The predicted octanol–water partition coefficient (Wildman–Crippen LogP) is 4.34. The van der Waals surface area contributed by atoms with Crippen LogP contribution in [0.15, 0.2) is 43.1 Å². The van der Waals surface area contributed by atoms with Crippen LogP contribution in [0.2, 0.25) is 0 Å². The fraction of sp³-hybridized carbons (Fsp3) is 0.481. The number of cyclic esters (lactones) is 1. The Labute approximate surface area is 212 Å². The van der Waals surface area contributed by atoms with Gasteiger partial charge < -0.3 is 15.4 Å². The molecule has 2 aliphatic heterocycles. The SMILES string of the molecule is C=CC(=O)NC1CCN(C(CC)c2ccc([C@H](C)Nc3ncc4c(n3)N(CC)C(=O)OC4)cc2)CC1. The van der Waals surface area contributed by atoms with Gasteiger partial charge in [0, 0.05) is 37.9 Å². The first-order valence-corrected chi connectivity index (χ1v) is 12.8. The highest BCUT2D eigenvalue weighted by Crippen LogP contribution is 2.30. The van der Waals surface area contributed by atoms with Crippen molar-refractivity contribution in [1.29, 1.82) is 0 Å². The second kappa shape index (κ2) is 11.5. The maximum atomic E-state index is 12.0. The number of aromatic nitrogens is 2. The second-order valence-electron chi connectivity index (χ2n) is 9.32. The van der Waals surface area contributed by atoms with Crippen molar-refractivity contribution >= 4 is 23.8 Å². The van der Waals surface area contributed by atoms with Gasteiger partial charge in [-0.1, -0.05) is 37.8 Å². The van der Waals surface area contributed by atoms with Crippen LogP contribution in [-0.2, 0) is 16.1 Å². The van der Waals surface area contributed by atoms with Gasteiger partial charge in [-0.15, -0.1) is 0 Å². The molecule has 1 aromatic heterocycles. The standard InChI is InChI=1S/C27H36N6O3/c1-5-23(32-14-12-22(13-15-32)30-24(34)6-2)20-10-8-19(9-11-20)18(4)29-26-28-16-21-17-36-27(35)33(7-3)25(21)31-26/h6,8-11,16,18,22-23H,2,5,7,12-15,17H2,1,3-4H3,(H,30,34)(H,28,29,31)/t18-,23?/m0/s1. The van der Waals surface area contributed by atoms with Gasteiger partial charge in [0.05, 0.1) is 11.6 Å². The lowest BCUT2D eigenvalue weighted by Crippen LogP contribution is -2.45. The molecule has 0 bridgehead atoms. The maximum absolute atomic E-state index is 12.0. The smallest absolute Gasteiger partial charge is 0.415 e. The van der Waals surface area contributed by atoms with Gasteiger partial charge in [0.1, 0.15) is 12.4 Å². The second-order valence-corrected chi connectivity index (χ2v) is 9.32. The number of nitrogens with zero attached hydrogens (tertiary/aromatic N) is 4. The molecule has 9 heteroatoms. The Kier molecular flexibility index (Phi) is 8.20. The molecule has 1 fully saturated rings. The number of nitrogens with one attached hydrogen (secondary N) is 2. The molecule has 2 aromatic rings. The van der Waals surface area contributed by atoms with Crippen molar-refractivity contribution < 1.29 is 14.3 Å². The van der Waals surface area contributed by atoms with Gasteiger partial charge in [0.15, 0.2) is 0 Å². The van der Waals surface area contributed by atoms with Crippen molar-refractivity contribution in [3.8, 4) is 0 Å². The van der Waals surface area contributed by atoms with E-state index in [-0.39, 0.29) is 30.7 Å². The molecule has 0 aliphatic carbocycles. The van der Waals surface area contributed by atoms with Crippen molar-refractivity contribution in [2.75, 3.05) is 29.9 Å². The average molecular weight is 493 g/mol. The summed E-state index contributed by atoms with van der Waals surface area (Å²) in [5.41, 5.74) is 3.23. The Balaban J connectivity index is 1.39. The molecule has 2 atom stereocenters. The summed E-state index contributed by atoms with van der Waals surface area (Å²) in [6.07, 6.45) is 5.59. The lowest BCUT2D eigenvalue weighted by Gasteiger charge is -2.37. The predicted molar refractivity (Wildman–Crippen MR) is 140 cm³/mol. The first-order valence-electron chi connectivity index (χ1n) is 12.8. The summed E-state index contributed by atoms with van der Waals surface area (Å²) in [5, 5.41) is 6.39. The first-order chi connectivity index (χ1) is 17.4. The van der Waals surface area contributed by atoms with E-state index in [1.807, 2.05) is 6.92 Å². The zero-order valence-corrected chi connectivity index (χ0v) is 21.4. The third-order valence-electron chi connectivity index (χ3n) is 7.04. The first kappa shape index (κ1) is 25.6. The zero-order chi connectivity index (χ0) is 25.7. The third-order valence-corrected chi connectivity index (χ3v) is 7.04. The topological polar surface area (TPSA) is 99.7 Å². The van der Waals surface area contributed by atoms with Gasteiger partial charge in [0.25, 0.3) is 0 Å². The van der Waals surface area contributed by atoms with Gasteiger partial charge >= 0.3 is 6.09 Å². The molecule has 1 unspecified atom stereocenters. The number of piperidine rings is 1. The van der Waals surface area contributed by atoms with Crippen molar-refractivity contribution in [2.24, 2.45) is 0 Å². The summed E-state index contributed by atoms with van der Waals surface area (Å²) in [7, 11) is 0. The number of carbonyl (C=O) groups is 2. The molecule has 2 amide bonds. The van der Waals surface area contributed by atoms with Gasteiger partial charge in [-0.25, -0.2) is 9.78 Å². The maximum Gasteiger partial charge on any atom is 0.415 e. The number of fused-ring (bicyclic) bond motifs is 1. The molecule has 0 radical (unpaired) electrons. The Morgan fingerprint density at radius 2 is 1.92 bits per heavy atom. The zero-order valence-electron chi connectivity index (χ0n) is 21.4. The van der Waals surface area contributed by atoms with E-state index in [0.717, 1.165) is 43.5 Å². The number of likely N-dealkylation sites (tertiary alicyclic amines) is 1. The number of anilines is 2. The van der Waals surface area contributed by atoms with E-state index in [0.29, 0.717) is 24.4 Å². The van der Waals surface area contributed by atoms with Crippen molar-refractivity contribution in [2.45, 2.75) is 64.8 Å². The molecule has 0 saturated carbocycles. The molecule has 1 aromatic carbocycles. The van der Waals surface area contributed by atoms with Gasteiger partial charge in [-0.2, -0.15) is 4.98 Å². The average Bonchev–Trinajstić information content (AvgIpc) is 2.90. The summed E-state index contributed by atoms with van der Waals surface area (Å²) in [4.78, 5) is 36.7. The summed E-state index contributed by atoms with van der Waals surface area (Å²) in [6, 6.07) is 9.28. The lowest BCUT2D eigenvalue weighted by atomic mass is 9.96. The van der Waals surface area contributed by atoms with Crippen LogP contribution in [0.4, 0.5) is 16.6 Å². The van der Waals surface area contributed by atoms with E-state index in [9.17, 15) is 9.59 Å². The minimum absolute atomic E-state index is 0.00740. The van der Waals surface area contributed by atoms with Crippen LogP contribution in [-0.4, -0.2) is 52.5 Å². The molecule has 36 heavy (non-hydrogen) atoms. The molecule has 3 heterocycles. The summed E-state index contributed by atoms with van der Waals surface area (Å²) in [5.74, 6) is 0.994. The van der Waals surface area contributed by atoms with E-state index < -0.39 is 0 Å². The Hall–Kier alpha value is -3.46. The number of carbonyl (C=O) groups excluding carboxylic acids is 2. The number of amides is 2. The number of hydrogen-bond acceptors (Lipinski definition) is 7. The normalized spacial score (nSPS) is 18.1. The van der Waals surface area contributed by atoms with Crippen LogP contribution < -0.4 is 15.5 Å². The monoisotopic (exact) mass is 492 g/mol. The molecular formula is C27H36N6O3. The van der Waals surface area contributed by atoms with Crippen molar-refractivity contribution in [3.05, 3.63) is 59.8 Å². The summed E-state index contributed by atoms with van der Waals surface area (Å²) < 4.78 is 5.17. The molecule has 0 spiro atoms. The Morgan fingerprint density at radius 3 is 2.56 bits per heavy atom. The lowest BCUT2D eigenvalue weighted by molar-refractivity contribution is -0.117. The Bertz CT molecular complexity index is 1080. The van der Waals surface area contributed by atoms with Gasteiger partial charge in [-0.05, 0) is 50.3 Å². The van der Waals surface area contributed by atoms with E-state index in [1.165, 1.54) is 16.5 Å². The van der Waals surface area contributed by atoms with Crippen LogP contribution in [0.5, 0.6) is 0 Å². The van der Waals surface area contributed by atoms with Crippen LogP contribution in [0.3, 0.4) is 0 Å². The van der Waals surface area contributed by atoms with E-state index in [2.05, 4.69) is 70.2 Å². The molecule has 2 aliphatic rings. The van der Waals surface area contributed by atoms with Crippen molar-refractivity contribution in [3.63, 3.8) is 0 Å². The Morgan fingerprint density at radius 1 is 1.22 bits per heavy atom. The highest BCUT2D eigenvalue weighted by molar-refractivity contribution is 5.89. The molecule has 9 nitrogen and oxygen atoms in total. The van der Waals surface area contributed by atoms with E-state index in [1.54, 1.807) is 6.20 Å². The minimum Gasteiger partial charge on any atom is -0.444 e. The largest absolute Gasteiger partial charge is 0.444 e. The summed E-state index contributed by atoms with van der Waals surface area (Å²) in [6.45, 7) is 12.3. The van der Waals surface area contributed by atoms with Crippen LogP contribution in [0.1, 0.15) is 68.8 Å².